The molecule has 0 saturated heterocycles. The summed E-state index contributed by atoms with van der Waals surface area (Å²) in [6, 6.07) is 16.2. The molecule has 122 valence electrons. The van der Waals surface area contributed by atoms with Crippen LogP contribution in [0.4, 0.5) is 17.3 Å². The summed E-state index contributed by atoms with van der Waals surface area (Å²) in [5.41, 5.74) is 2.53. The summed E-state index contributed by atoms with van der Waals surface area (Å²) in [4.78, 5) is 8.95. The van der Waals surface area contributed by atoms with Gasteiger partial charge in [0.25, 0.3) is 0 Å². The topological polar surface area (TPSA) is 90.0 Å². The first-order valence-electron chi connectivity index (χ1n) is 7.24. The van der Waals surface area contributed by atoms with Crippen molar-refractivity contribution in [2.45, 2.75) is 4.90 Å². The Labute approximate surface area is 142 Å². The van der Waals surface area contributed by atoms with E-state index >= 15 is 0 Å². The number of nitrogens with zero attached hydrogens (tertiary/aromatic N) is 2. The van der Waals surface area contributed by atoms with E-state index in [1.54, 1.807) is 37.5 Å². The highest BCUT2D eigenvalue weighted by Gasteiger charge is 2.13. The molecule has 0 saturated carbocycles. The molecule has 2 aromatic carbocycles. The Morgan fingerprint density at radius 3 is 2.46 bits per heavy atom. The minimum atomic E-state index is -2.35. The minimum absolute atomic E-state index is 0.193. The fourth-order valence-corrected chi connectivity index (χ4v) is 2.82. The van der Waals surface area contributed by atoms with Gasteiger partial charge in [0.15, 0.2) is 0 Å². The van der Waals surface area contributed by atoms with Crippen molar-refractivity contribution in [2.75, 3.05) is 17.7 Å². The molecule has 0 radical (unpaired) electrons. The Morgan fingerprint density at radius 2 is 1.75 bits per heavy atom. The molecule has 0 spiro atoms. The predicted molar refractivity (Wildman–Crippen MR) is 93.9 cm³/mol. The predicted octanol–water partition coefficient (Wildman–Crippen LogP) is 3.17. The minimum Gasteiger partial charge on any atom is -0.768 e. The van der Waals surface area contributed by atoms with Gasteiger partial charge in [0.1, 0.15) is 5.69 Å². The molecule has 1 aromatic heterocycles. The second kappa shape index (κ2) is 7.20. The van der Waals surface area contributed by atoms with E-state index in [-0.39, 0.29) is 4.90 Å². The summed E-state index contributed by atoms with van der Waals surface area (Å²) in [5, 5.41) is 6.11. The largest absolute Gasteiger partial charge is 0.768 e. The number of aromatic nitrogens is 2. The molecule has 1 heterocycles. The van der Waals surface area contributed by atoms with Crippen molar-refractivity contribution in [1.29, 1.82) is 0 Å². The molecule has 1 atom stereocenters. The van der Waals surface area contributed by atoms with Crippen molar-refractivity contribution in [3.05, 3.63) is 60.8 Å². The van der Waals surface area contributed by atoms with E-state index in [1.807, 2.05) is 30.3 Å². The maximum absolute atomic E-state index is 11.5. The van der Waals surface area contributed by atoms with Gasteiger partial charge in [0.2, 0.25) is 5.95 Å². The van der Waals surface area contributed by atoms with Crippen LogP contribution in [0.3, 0.4) is 0 Å². The molecule has 3 rings (SSSR count). The van der Waals surface area contributed by atoms with Gasteiger partial charge in [0.05, 0.1) is 11.9 Å². The van der Waals surface area contributed by atoms with Gasteiger partial charge in [-0.2, -0.15) is 0 Å². The summed E-state index contributed by atoms with van der Waals surface area (Å²) in [6.07, 6.45) is 1.62. The van der Waals surface area contributed by atoms with Gasteiger partial charge in [-0.25, -0.2) is 9.97 Å². The molecule has 2 N–H and O–H groups in total. The first-order valence-corrected chi connectivity index (χ1v) is 8.32. The van der Waals surface area contributed by atoms with Crippen LogP contribution in [-0.2, 0) is 11.1 Å². The zero-order chi connectivity index (χ0) is 16.9. The average molecular weight is 339 g/mol. The average Bonchev–Trinajstić information content (AvgIpc) is 2.62. The molecule has 0 aliphatic heterocycles. The maximum Gasteiger partial charge on any atom is 0.227 e. The third-order valence-electron chi connectivity index (χ3n) is 3.41. The van der Waals surface area contributed by atoms with Crippen molar-refractivity contribution in [2.24, 2.45) is 0 Å². The standard InChI is InChI=1S/C17H16N4O2S/c1-18-14-11-19-17(20-12-7-3-2-4-8-12)21-16(14)13-9-5-6-10-15(13)24(22)23/h2-11,18H,1H3,(H,22,23)(H,19,20,21)/p-1. The van der Waals surface area contributed by atoms with Crippen LogP contribution in [0.2, 0.25) is 0 Å². The Hall–Kier alpha value is -2.77. The number of hydrogen-bond acceptors (Lipinski definition) is 6. The van der Waals surface area contributed by atoms with Crippen molar-refractivity contribution in [3.63, 3.8) is 0 Å². The molecule has 6 nitrogen and oxygen atoms in total. The SMILES string of the molecule is CNc1cnc(Nc2ccccc2)nc1-c1ccccc1S(=O)[O-]. The molecule has 3 aromatic rings. The van der Waals surface area contributed by atoms with Gasteiger partial charge in [-0.05, 0) is 29.3 Å². The fourth-order valence-electron chi connectivity index (χ4n) is 2.29. The lowest BCUT2D eigenvalue weighted by atomic mass is 10.1. The Kier molecular flexibility index (Phi) is 4.83. The summed E-state index contributed by atoms with van der Waals surface area (Å²) in [7, 11) is 1.74. The van der Waals surface area contributed by atoms with Gasteiger partial charge < -0.3 is 15.2 Å². The molecule has 0 amide bonds. The van der Waals surface area contributed by atoms with Gasteiger partial charge in [-0.1, -0.05) is 36.4 Å². The number of para-hydroxylation sites is 1. The van der Waals surface area contributed by atoms with E-state index in [4.69, 9.17) is 0 Å². The molecule has 7 heteroatoms. The number of anilines is 3. The Bertz CT molecular complexity index is 871. The molecular formula is C17H15N4O2S-. The molecule has 0 aliphatic rings. The molecule has 0 bridgehead atoms. The van der Waals surface area contributed by atoms with Crippen LogP contribution in [0.15, 0.2) is 65.7 Å². The van der Waals surface area contributed by atoms with Crippen LogP contribution in [-0.4, -0.2) is 25.8 Å². The summed E-state index contributed by atoms with van der Waals surface area (Å²) >= 11 is -2.35. The highest BCUT2D eigenvalue weighted by molar-refractivity contribution is 7.79. The van der Waals surface area contributed by atoms with Crippen LogP contribution in [0, 0.1) is 0 Å². The third-order valence-corrected chi connectivity index (χ3v) is 4.12. The smallest absolute Gasteiger partial charge is 0.227 e. The lowest BCUT2D eigenvalue weighted by molar-refractivity contribution is 0.537. The number of hydrogen-bond donors (Lipinski definition) is 2. The van der Waals surface area contributed by atoms with E-state index < -0.39 is 11.1 Å². The van der Waals surface area contributed by atoms with Gasteiger partial charge in [0, 0.05) is 23.2 Å². The van der Waals surface area contributed by atoms with E-state index in [1.165, 1.54) is 0 Å². The summed E-state index contributed by atoms with van der Waals surface area (Å²) in [5.74, 6) is 0.390. The Balaban J connectivity index is 2.07. The first kappa shape index (κ1) is 16.1. The lowest BCUT2D eigenvalue weighted by Gasteiger charge is -2.15. The summed E-state index contributed by atoms with van der Waals surface area (Å²) < 4.78 is 23.0. The van der Waals surface area contributed by atoms with Crippen LogP contribution >= 0.6 is 0 Å². The quantitative estimate of drug-likeness (QED) is 0.694. The highest BCUT2D eigenvalue weighted by Crippen LogP contribution is 2.31. The number of nitrogens with one attached hydrogen (secondary N) is 2. The molecule has 0 aliphatic carbocycles. The second-order valence-electron chi connectivity index (χ2n) is 4.93. The normalized spacial score (nSPS) is 11.8. The van der Waals surface area contributed by atoms with Gasteiger partial charge in [-0.15, -0.1) is 0 Å². The van der Waals surface area contributed by atoms with Crippen molar-refractivity contribution < 1.29 is 8.76 Å². The van der Waals surface area contributed by atoms with E-state index in [0.717, 1.165) is 5.69 Å². The van der Waals surface area contributed by atoms with Crippen LogP contribution in [0.1, 0.15) is 0 Å². The number of benzene rings is 2. The van der Waals surface area contributed by atoms with Crippen molar-refractivity contribution in [3.8, 4) is 11.3 Å². The van der Waals surface area contributed by atoms with E-state index in [0.29, 0.717) is 22.9 Å². The van der Waals surface area contributed by atoms with Gasteiger partial charge in [-0.3, -0.25) is 4.21 Å². The summed E-state index contributed by atoms with van der Waals surface area (Å²) in [6.45, 7) is 0. The first-order chi connectivity index (χ1) is 11.7. The van der Waals surface area contributed by atoms with E-state index in [2.05, 4.69) is 20.6 Å². The fraction of sp³-hybridized carbons (Fsp3) is 0.0588. The zero-order valence-corrected chi connectivity index (χ0v) is 13.7. The molecule has 1 unspecified atom stereocenters. The van der Waals surface area contributed by atoms with Crippen molar-refractivity contribution in [1.82, 2.24) is 9.97 Å². The van der Waals surface area contributed by atoms with Crippen molar-refractivity contribution >= 4 is 28.4 Å². The number of rotatable bonds is 5. The lowest BCUT2D eigenvalue weighted by Crippen LogP contribution is -2.03. The highest BCUT2D eigenvalue weighted by atomic mass is 32.2. The van der Waals surface area contributed by atoms with Gasteiger partial charge >= 0.3 is 0 Å². The zero-order valence-electron chi connectivity index (χ0n) is 12.9. The molecular weight excluding hydrogens is 324 g/mol. The van der Waals surface area contributed by atoms with Crippen LogP contribution < -0.4 is 10.6 Å². The molecule has 24 heavy (non-hydrogen) atoms. The molecule has 0 fully saturated rings. The van der Waals surface area contributed by atoms with Crippen LogP contribution in [0.5, 0.6) is 0 Å². The monoisotopic (exact) mass is 339 g/mol. The Morgan fingerprint density at radius 1 is 1.04 bits per heavy atom. The maximum atomic E-state index is 11.5. The van der Waals surface area contributed by atoms with E-state index in [9.17, 15) is 8.76 Å². The second-order valence-corrected chi connectivity index (χ2v) is 5.84. The van der Waals surface area contributed by atoms with Crippen LogP contribution in [0.25, 0.3) is 11.3 Å². The third kappa shape index (κ3) is 3.42.